The summed E-state index contributed by atoms with van der Waals surface area (Å²) in [7, 11) is 0. The number of hydrogen-bond acceptors (Lipinski definition) is 5. The quantitative estimate of drug-likeness (QED) is 0.480. The Morgan fingerprint density at radius 3 is 2.90 bits per heavy atom. The Balaban J connectivity index is 1.42. The monoisotopic (exact) mass is 408 g/mol. The van der Waals surface area contributed by atoms with Gasteiger partial charge in [-0.25, -0.2) is 14.4 Å². The molecule has 30 heavy (non-hydrogen) atoms. The van der Waals surface area contributed by atoms with Crippen LogP contribution in [-0.4, -0.2) is 51.4 Å². The van der Waals surface area contributed by atoms with Gasteiger partial charge in [0.2, 0.25) is 0 Å². The van der Waals surface area contributed by atoms with Crippen LogP contribution in [0.5, 0.6) is 0 Å². The van der Waals surface area contributed by atoms with Crippen LogP contribution in [0.4, 0.5) is 10.2 Å². The number of benzene rings is 1. The lowest BCUT2D eigenvalue weighted by atomic mass is 10.3. The van der Waals surface area contributed by atoms with Gasteiger partial charge in [-0.2, -0.15) is 0 Å². The highest BCUT2D eigenvalue weighted by Gasteiger charge is 2.26. The third kappa shape index (κ3) is 4.56. The number of para-hydroxylation sites is 1. The van der Waals surface area contributed by atoms with Crippen LogP contribution < -0.4 is 15.5 Å². The molecule has 8 nitrogen and oxygen atoms in total. The van der Waals surface area contributed by atoms with Crippen LogP contribution in [0.25, 0.3) is 5.69 Å². The maximum Gasteiger partial charge on any atom is 0.191 e. The first-order chi connectivity index (χ1) is 14.7. The maximum atomic E-state index is 14.0. The van der Waals surface area contributed by atoms with Crippen molar-refractivity contribution in [3.05, 3.63) is 66.6 Å². The number of halogens is 1. The van der Waals surface area contributed by atoms with E-state index in [0.717, 1.165) is 31.0 Å². The van der Waals surface area contributed by atoms with Crippen molar-refractivity contribution in [2.45, 2.75) is 25.9 Å². The molecular weight excluding hydrogens is 383 g/mol. The van der Waals surface area contributed by atoms with Crippen LogP contribution in [0.2, 0.25) is 0 Å². The predicted molar refractivity (Wildman–Crippen MR) is 114 cm³/mol. The van der Waals surface area contributed by atoms with Gasteiger partial charge in [-0.3, -0.25) is 4.57 Å². The first-order valence-corrected chi connectivity index (χ1v) is 10.1. The van der Waals surface area contributed by atoms with Gasteiger partial charge in [0.1, 0.15) is 12.9 Å². The Labute approximate surface area is 174 Å². The van der Waals surface area contributed by atoms with Gasteiger partial charge in [0.15, 0.2) is 23.4 Å². The third-order valence-corrected chi connectivity index (χ3v) is 4.94. The number of nitrogens with zero attached hydrogens (tertiary/aromatic N) is 6. The SMILES string of the molecule is CCNC(=NCc1nncn1-c1ccccc1)NC1CCN(c2ncccc2F)C1. The number of rotatable bonds is 6. The van der Waals surface area contributed by atoms with E-state index < -0.39 is 0 Å². The fraction of sp³-hybridized carbons (Fsp3) is 0.333. The molecule has 1 unspecified atom stereocenters. The number of guanidine groups is 1. The second kappa shape index (κ2) is 9.34. The molecule has 0 amide bonds. The van der Waals surface area contributed by atoms with Crippen molar-refractivity contribution in [2.24, 2.45) is 4.99 Å². The summed E-state index contributed by atoms with van der Waals surface area (Å²) in [5.41, 5.74) is 0.995. The smallest absolute Gasteiger partial charge is 0.191 e. The van der Waals surface area contributed by atoms with Crippen molar-refractivity contribution in [1.29, 1.82) is 0 Å². The van der Waals surface area contributed by atoms with Crippen molar-refractivity contribution in [3.63, 3.8) is 0 Å². The van der Waals surface area contributed by atoms with E-state index in [1.807, 2.05) is 46.7 Å². The average molecular weight is 408 g/mol. The molecule has 1 aromatic carbocycles. The van der Waals surface area contributed by atoms with Gasteiger partial charge in [-0.05, 0) is 37.6 Å². The molecule has 156 valence electrons. The summed E-state index contributed by atoms with van der Waals surface area (Å²) in [6.45, 7) is 4.55. The minimum Gasteiger partial charge on any atom is -0.357 e. The molecule has 3 aromatic rings. The second-order valence-corrected chi connectivity index (χ2v) is 7.03. The highest BCUT2D eigenvalue weighted by atomic mass is 19.1. The molecule has 0 aliphatic carbocycles. The topological polar surface area (TPSA) is 83.3 Å². The zero-order valence-electron chi connectivity index (χ0n) is 16.9. The molecule has 1 saturated heterocycles. The fourth-order valence-corrected chi connectivity index (χ4v) is 3.51. The van der Waals surface area contributed by atoms with Crippen LogP contribution in [0, 0.1) is 5.82 Å². The largest absolute Gasteiger partial charge is 0.357 e. The van der Waals surface area contributed by atoms with Crippen LogP contribution in [0.1, 0.15) is 19.2 Å². The Morgan fingerprint density at radius 1 is 1.23 bits per heavy atom. The Bertz CT molecular complexity index is 987. The molecule has 2 N–H and O–H groups in total. The number of hydrogen-bond donors (Lipinski definition) is 2. The first kappa shape index (κ1) is 19.8. The number of nitrogens with one attached hydrogen (secondary N) is 2. The van der Waals surface area contributed by atoms with E-state index in [1.165, 1.54) is 6.07 Å². The van der Waals surface area contributed by atoms with Crippen LogP contribution in [0.15, 0.2) is 60.0 Å². The Kier molecular flexibility index (Phi) is 6.17. The van der Waals surface area contributed by atoms with Crippen molar-refractivity contribution in [3.8, 4) is 5.69 Å². The van der Waals surface area contributed by atoms with E-state index in [4.69, 9.17) is 0 Å². The average Bonchev–Trinajstić information content (AvgIpc) is 3.43. The maximum absolute atomic E-state index is 14.0. The summed E-state index contributed by atoms with van der Waals surface area (Å²) in [6, 6.07) is 13.1. The standard InChI is InChI=1S/C21H25FN8/c1-2-23-21(25-13-19-28-26-15-30(19)17-7-4-3-5-8-17)27-16-10-12-29(14-16)20-18(22)9-6-11-24-20/h3-9,11,15-16H,2,10,12-14H2,1H3,(H2,23,25,27). The molecule has 3 heterocycles. The summed E-state index contributed by atoms with van der Waals surface area (Å²) in [5.74, 6) is 1.56. The van der Waals surface area contributed by atoms with Crippen molar-refractivity contribution in [1.82, 2.24) is 30.4 Å². The molecule has 4 rings (SSSR count). The van der Waals surface area contributed by atoms with E-state index >= 15 is 0 Å². The summed E-state index contributed by atoms with van der Waals surface area (Å²) in [6.07, 6.45) is 4.19. The van der Waals surface area contributed by atoms with Gasteiger partial charge >= 0.3 is 0 Å². The molecule has 1 aliphatic heterocycles. The fourth-order valence-electron chi connectivity index (χ4n) is 3.51. The lowest BCUT2D eigenvalue weighted by Gasteiger charge is -2.19. The highest BCUT2D eigenvalue weighted by molar-refractivity contribution is 5.80. The van der Waals surface area contributed by atoms with Gasteiger partial charge < -0.3 is 15.5 Å². The summed E-state index contributed by atoms with van der Waals surface area (Å²) < 4.78 is 16.0. The number of aliphatic imine (C=N–C) groups is 1. The van der Waals surface area contributed by atoms with E-state index in [-0.39, 0.29) is 11.9 Å². The minimum atomic E-state index is -0.293. The molecule has 9 heteroatoms. The number of pyridine rings is 1. The van der Waals surface area contributed by atoms with Gasteiger partial charge in [0.05, 0.1) is 0 Å². The Morgan fingerprint density at radius 2 is 2.10 bits per heavy atom. The zero-order chi connectivity index (χ0) is 20.8. The van der Waals surface area contributed by atoms with E-state index in [9.17, 15) is 4.39 Å². The first-order valence-electron chi connectivity index (χ1n) is 10.1. The molecule has 1 atom stereocenters. The van der Waals surface area contributed by atoms with Crippen LogP contribution in [0.3, 0.4) is 0 Å². The summed E-state index contributed by atoms with van der Waals surface area (Å²) >= 11 is 0. The minimum absolute atomic E-state index is 0.149. The van der Waals surface area contributed by atoms with Crippen molar-refractivity contribution >= 4 is 11.8 Å². The van der Waals surface area contributed by atoms with Crippen LogP contribution in [-0.2, 0) is 6.54 Å². The lowest BCUT2D eigenvalue weighted by Crippen LogP contribution is -2.44. The lowest BCUT2D eigenvalue weighted by molar-refractivity contribution is 0.612. The van der Waals surface area contributed by atoms with Gasteiger partial charge in [0, 0.05) is 37.6 Å². The third-order valence-electron chi connectivity index (χ3n) is 4.94. The van der Waals surface area contributed by atoms with Crippen LogP contribution >= 0.6 is 0 Å². The molecule has 1 aliphatic rings. The molecule has 0 bridgehead atoms. The Hall–Kier alpha value is -3.49. The van der Waals surface area contributed by atoms with Crippen molar-refractivity contribution < 1.29 is 4.39 Å². The molecular formula is C21H25FN8. The normalized spacial score (nSPS) is 16.7. The summed E-state index contributed by atoms with van der Waals surface area (Å²) in [5, 5.41) is 15.0. The number of aromatic nitrogens is 4. The van der Waals surface area contributed by atoms with E-state index in [0.29, 0.717) is 24.9 Å². The molecule has 2 aromatic heterocycles. The molecule has 0 saturated carbocycles. The van der Waals surface area contributed by atoms with Gasteiger partial charge in [-0.15, -0.1) is 10.2 Å². The second-order valence-electron chi connectivity index (χ2n) is 7.03. The molecule has 1 fully saturated rings. The zero-order valence-corrected chi connectivity index (χ0v) is 16.9. The molecule has 0 spiro atoms. The predicted octanol–water partition coefficient (Wildman–Crippen LogP) is 2.14. The number of anilines is 1. The summed E-state index contributed by atoms with van der Waals surface area (Å²) in [4.78, 5) is 10.8. The van der Waals surface area contributed by atoms with E-state index in [1.54, 1.807) is 18.6 Å². The highest BCUT2D eigenvalue weighted by Crippen LogP contribution is 2.20. The molecule has 0 radical (unpaired) electrons. The van der Waals surface area contributed by atoms with Gasteiger partial charge in [-0.1, -0.05) is 18.2 Å². The van der Waals surface area contributed by atoms with E-state index in [2.05, 4.69) is 30.8 Å². The van der Waals surface area contributed by atoms with Gasteiger partial charge in [0.25, 0.3) is 0 Å². The van der Waals surface area contributed by atoms with Crippen molar-refractivity contribution in [2.75, 3.05) is 24.5 Å².